The van der Waals surface area contributed by atoms with Crippen LogP contribution >= 0.6 is 0 Å². The lowest BCUT2D eigenvalue weighted by molar-refractivity contribution is -0.00339. The lowest BCUT2D eigenvalue weighted by Gasteiger charge is -2.37. The molecule has 0 saturated carbocycles. The van der Waals surface area contributed by atoms with E-state index >= 15 is 0 Å². The highest BCUT2D eigenvalue weighted by molar-refractivity contribution is 5.99. The van der Waals surface area contributed by atoms with Gasteiger partial charge >= 0.3 is 0 Å². The largest absolute Gasteiger partial charge is 0.448 e. The van der Waals surface area contributed by atoms with Crippen LogP contribution in [0.2, 0.25) is 0 Å². The lowest BCUT2D eigenvalue weighted by Crippen LogP contribution is -2.57. The van der Waals surface area contributed by atoms with E-state index in [0.717, 1.165) is 0 Å². The van der Waals surface area contributed by atoms with Gasteiger partial charge in [-0.2, -0.15) is 0 Å². The van der Waals surface area contributed by atoms with Gasteiger partial charge in [0, 0.05) is 10.9 Å². The number of aliphatic hydroxyl groups is 1. The summed E-state index contributed by atoms with van der Waals surface area (Å²) >= 11 is 0. The first-order valence-electron chi connectivity index (χ1n) is 6.77. The first-order chi connectivity index (χ1) is 9.54. The monoisotopic (exact) mass is 293 g/mol. The van der Waals surface area contributed by atoms with E-state index in [1.165, 1.54) is 6.07 Å². The first kappa shape index (κ1) is 15.5. The predicted molar refractivity (Wildman–Crippen MR) is 78.8 cm³/mol. The molecule has 0 saturated heterocycles. The number of nitrogens with one attached hydrogen (secondary N) is 1. The molecule has 4 nitrogen and oxygen atoms in total. The number of fused-ring (bicyclic) bond motifs is 1. The van der Waals surface area contributed by atoms with E-state index in [9.17, 15) is 14.3 Å². The standard InChI is InChI=1S/C16H20FNO3/c1-9-10-7-6-8-11(17)13(10)21-12(9)14(19)18-15(2,3)16(4,5)20/h6-8,20H,1-5H3,(H,18,19). The van der Waals surface area contributed by atoms with E-state index in [-0.39, 0.29) is 11.3 Å². The molecule has 5 heteroatoms. The third-order valence-corrected chi connectivity index (χ3v) is 4.08. The van der Waals surface area contributed by atoms with E-state index in [0.29, 0.717) is 10.9 Å². The van der Waals surface area contributed by atoms with Crippen LogP contribution in [0.25, 0.3) is 11.0 Å². The molecular weight excluding hydrogens is 273 g/mol. The molecule has 2 rings (SSSR count). The number of hydrogen-bond acceptors (Lipinski definition) is 3. The quantitative estimate of drug-likeness (QED) is 0.913. The fourth-order valence-corrected chi connectivity index (χ4v) is 1.92. The van der Waals surface area contributed by atoms with Crippen molar-refractivity contribution in [3.63, 3.8) is 0 Å². The van der Waals surface area contributed by atoms with Gasteiger partial charge < -0.3 is 14.8 Å². The van der Waals surface area contributed by atoms with Crippen molar-refractivity contribution in [1.82, 2.24) is 5.32 Å². The molecular formula is C16H20FNO3. The Morgan fingerprint density at radius 1 is 1.29 bits per heavy atom. The Balaban J connectivity index is 2.41. The van der Waals surface area contributed by atoms with Crippen LogP contribution in [0.5, 0.6) is 0 Å². The smallest absolute Gasteiger partial charge is 0.287 e. The number of para-hydroxylation sites is 1. The normalized spacial score (nSPS) is 12.7. The Morgan fingerprint density at radius 2 is 1.90 bits per heavy atom. The van der Waals surface area contributed by atoms with Crippen molar-refractivity contribution in [2.24, 2.45) is 0 Å². The van der Waals surface area contributed by atoms with Crippen LogP contribution in [0.15, 0.2) is 22.6 Å². The average molecular weight is 293 g/mol. The van der Waals surface area contributed by atoms with E-state index in [1.807, 2.05) is 0 Å². The summed E-state index contributed by atoms with van der Waals surface area (Å²) in [6, 6.07) is 4.56. The van der Waals surface area contributed by atoms with Crippen molar-refractivity contribution < 1.29 is 18.7 Å². The number of benzene rings is 1. The molecule has 0 aliphatic carbocycles. The topological polar surface area (TPSA) is 62.5 Å². The summed E-state index contributed by atoms with van der Waals surface area (Å²) in [6.45, 7) is 8.35. The van der Waals surface area contributed by atoms with Gasteiger partial charge in [0.2, 0.25) is 0 Å². The highest BCUT2D eigenvalue weighted by atomic mass is 19.1. The third kappa shape index (κ3) is 2.65. The minimum absolute atomic E-state index is 0.0624. The van der Waals surface area contributed by atoms with Gasteiger partial charge in [0.1, 0.15) is 0 Å². The fourth-order valence-electron chi connectivity index (χ4n) is 1.92. The van der Waals surface area contributed by atoms with Crippen LogP contribution in [0.1, 0.15) is 43.8 Å². The van der Waals surface area contributed by atoms with E-state index < -0.39 is 22.9 Å². The molecule has 0 unspecified atom stereocenters. The Hall–Kier alpha value is -1.88. The SMILES string of the molecule is Cc1c(C(=O)NC(C)(C)C(C)(C)O)oc2c(F)cccc12. The number of rotatable bonds is 3. The lowest BCUT2D eigenvalue weighted by atomic mass is 9.86. The highest BCUT2D eigenvalue weighted by Gasteiger charge is 2.37. The van der Waals surface area contributed by atoms with Crippen molar-refractivity contribution in [3.05, 3.63) is 35.3 Å². The van der Waals surface area contributed by atoms with E-state index in [4.69, 9.17) is 4.42 Å². The van der Waals surface area contributed by atoms with Crippen molar-refractivity contribution in [3.8, 4) is 0 Å². The maximum absolute atomic E-state index is 13.7. The molecule has 0 aliphatic rings. The Kier molecular flexibility index (Phi) is 3.58. The van der Waals surface area contributed by atoms with Gasteiger partial charge in [0.15, 0.2) is 17.2 Å². The second-order valence-electron chi connectivity index (χ2n) is 6.31. The molecule has 114 valence electrons. The number of hydrogen-bond donors (Lipinski definition) is 2. The molecule has 0 aliphatic heterocycles. The summed E-state index contributed by atoms with van der Waals surface area (Å²) in [5.74, 6) is -0.918. The number of aryl methyl sites for hydroxylation is 1. The minimum Gasteiger partial charge on any atom is -0.448 e. The second kappa shape index (κ2) is 4.84. The van der Waals surface area contributed by atoms with Crippen molar-refractivity contribution in [2.45, 2.75) is 45.8 Å². The van der Waals surface area contributed by atoms with Gasteiger partial charge in [0.25, 0.3) is 5.91 Å². The van der Waals surface area contributed by atoms with Gasteiger partial charge in [-0.05, 0) is 40.7 Å². The number of furan rings is 1. The van der Waals surface area contributed by atoms with Gasteiger partial charge in [-0.3, -0.25) is 4.79 Å². The highest BCUT2D eigenvalue weighted by Crippen LogP contribution is 2.28. The Morgan fingerprint density at radius 3 is 2.43 bits per heavy atom. The molecule has 1 aromatic heterocycles. The van der Waals surface area contributed by atoms with Crippen LogP contribution in [0.4, 0.5) is 4.39 Å². The van der Waals surface area contributed by atoms with Gasteiger partial charge in [-0.15, -0.1) is 0 Å². The summed E-state index contributed by atoms with van der Waals surface area (Å²) in [5, 5.41) is 13.4. The molecule has 1 heterocycles. The first-order valence-corrected chi connectivity index (χ1v) is 6.77. The number of halogens is 1. The van der Waals surface area contributed by atoms with Gasteiger partial charge in [-0.1, -0.05) is 12.1 Å². The Labute approximate surface area is 122 Å². The molecule has 0 fully saturated rings. The van der Waals surface area contributed by atoms with Gasteiger partial charge in [-0.25, -0.2) is 4.39 Å². The third-order valence-electron chi connectivity index (χ3n) is 4.08. The molecule has 0 atom stereocenters. The molecule has 2 N–H and O–H groups in total. The number of carbonyl (C=O) groups is 1. The summed E-state index contributed by atoms with van der Waals surface area (Å²) < 4.78 is 19.1. The maximum Gasteiger partial charge on any atom is 0.287 e. The predicted octanol–water partition coefficient (Wildman–Crippen LogP) is 3.16. The van der Waals surface area contributed by atoms with E-state index in [1.54, 1.807) is 46.8 Å². The minimum atomic E-state index is -1.12. The molecule has 0 spiro atoms. The summed E-state index contributed by atoms with van der Waals surface area (Å²) in [7, 11) is 0. The average Bonchev–Trinajstić information content (AvgIpc) is 2.67. The zero-order valence-electron chi connectivity index (χ0n) is 12.9. The van der Waals surface area contributed by atoms with E-state index in [2.05, 4.69) is 5.32 Å². The van der Waals surface area contributed by atoms with Crippen LogP contribution in [-0.4, -0.2) is 22.2 Å². The second-order valence-corrected chi connectivity index (χ2v) is 6.31. The summed E-state index contributed by atoms with van der Waals surface area (Å²) in [4.78, 5) is 12.4. The van der Waals surface area contributed by atoms with Crippen LogP contribution < -0.4 is 5.32 Å². The van der Waals surface area contributed by atoms with Crippen molar-refractivity contribution in [1.29, 1.82) is 0 Å². The number of carbonyl (C=O) groups excluding carboxylic acids is 1. The van der Waals surface area contributed by atoms with Crippen LogP contribution in [0, 0.1) is 12.7 Å². The van der Waals surface area contributed by atoms with Crippen LogP contribution in [-0.2, 0) is 0 Å². The summed E-state index contributed by atoms with van der Waals surface area (Å²) in [5.41, 5.74) is -1.34. The molecule has 21 heavy (non-hydrogen) atoms. The molecule has 1 amide bonds. The fraction of sp³-hybridized carbons (Fsp3) is 0.438. The van der Waals surface area contributed by atoms with Gasteiger partial charge in [0.05, 0.1) is 11.1 Å². The number of amides is 1. The molecule has 1 aromatic carbocycles. The Bertz CT molecular complexity index is 695. The maximum atomic E-state index is 13.7. The zero-order chi connectivity index (χ0) is 16.0. The molecule has 0 bridgehead atoms. The molecule has 2 aromatic rings. The molecule has 0 radical (unpaired) electrons. The summed E-state index contributed by atoms with van der Waals surface area (Å²) in [6.07, 6.45) is 0. The van der Waals surface area contributed by atoms with Crippen LogP contribution in [0.3, 0.4) is 0 Å². The van der Waals surface area contributed by atoms with Crippen molar-refractivity contribution in [2.75, 3.05) is 0 Å². The zero-order valence-corrected chi connectivity index (χ0v) is 12.9. The van der Waals surface area contributed by atoms with Crippen molar-refractivity contribution >= 4 is 16.9 Å².